The van der Waals surface area contributed by atoms with E-state index in [0.29, 0.717) is 34.7 Å². The number of piperidine rings is 1. The second kappa shape index (κ2) is 14.8. The van der Waals surface area contributed by atoms with Gasteiger partial charge in [-0.25, -0.2) is 0 Å². The van der Waals surface area contributed by atoms with E-state index in [0.717, 1.165) is 73.8 Å². The standard InChI is InChI=1S/C45H49N7O2/c1-30-39(45(54)52(36-15-7-5-8-16-36)42-24-37(26-46)48(3)31(42)2)25-43(49(30)4)40-22-33-17-18-47-27-35(33)23-41(40)44(53)51-28-34-14-10-9-13-32(34)21-38(51)29-50-19-11-6-12-20-50/h5,7-10,13-16,22-25,38,47H,6,11-12,17-21,27-29H2,1-4H3/t38-/m0/s1. The number of nitrogens with zero attached hydrogens (tertiary/aromatic N) is 6. The number of para-hydroxylation sites is 1. The zero-order chi connectivity index (χ0) is 37.5. The Morgan fingerprint density at radius 2 is 1.57 bits per heavy atom. The number of carbonyl (C=O) groups excluding carboxylic acids is 2. The molecule has 1 N–H and O–H groups in total. The van der Waals surface area contributed by atoms with Crippen LogP contribution in [-0.4, -0.2) is 63.0 Å². The van der Waals surface area contributed by atoms with Crippen LogP contribution >= 0.6 is 0 Å². The monoisotopic (exact) mass is 719 g/mol. The smallest absolute Gasteiger partial charge is 0.264 e. The van der Waals surface area contributed by atoms with Crippen LogP contribution in [0.3, 0.4) is 0 Å². The SMILES string of the molecule is Cc1c(N(C(=O)c2cc(-c3cc4c(cc3C(=O)N3Cc5ccccc5C[C@H]3CN3CCCCC3)CNCC4)n(C)c2C)c2ccccc2)cc(C#N)n1C. The molecule has 0 spiro atoms. The predicted octanol–water partition coefficient (Wildman–Crippen LogP) is 7.20. The number of carbonyl (C=O) groups is 2. The van der Waals surface area contributed by atoms with E-state index in [1.54, 1.807) is 11.0 Å². The third kappa shape index (κ3) is 6.44. The third-order valence-electron chi connectivity index (χ3n) is 12.1. The lowest BCUT2D eigenvalue weighted by Gasteiger charge is -2.41. The quantitative estimate of drug-likeness (QED) is 0.192. The van der Waals surface area contributed by atoms with Crippen molar-refractivity contribution in [3.63, 3.8) is 0 Å². The molecule has 3 aliphatic heterocycles. The lowest BCUT2D eigenvalue weighted by molar-refractivity contribution is 0.0566. The average Bonchev–Trinajstić information content (AvgIpc) is 3.66. The molecule has 2 amide bonds. The lowest BCUT2D eigenvalue weighted by atomic mass is 9.89. The molecule has 1 atom stereocenters. The van der Waals surface area contributed by atoms with Gasteiger partial charge in [0.05, 0.1) is 11.3 Å². The zero-order valence-electron chi connectivity index (χ0n) is 31.9. The van der Waals surface area contributed by atoms with Crippen LogP contribution in [0.15, 0.2) is 78.9 Å². The Kier molecular flexibility index (Phi) is 9.74. The summed E-state index contributed by atoms with van der Waals surface area (Å²) in [5.74, 6) is -0.153. The van der Waals surface area contributed by atoms with E-state index < -0.39 is 0 Å². The van der Waals surface area contributed by atoms with Crippen molar-refractivity contribution in [3.05, 3.63) is 129 Å². The molecule has 3 aliphatic rings. The minimum Gasteiger partial charge on any atom is -0.347 e. The second-order valence-electron chi connectivity index (χ2n) is 15.2. The van der Waals surface area contributed by atoms with Crippen LogP contribution in [0.1, 0.15) is 79.3 Å². The molecule has 5 heterocycles. The van der Waals surface area contributed by atoms with E-state index in [2.05, 4.69) is 62.2 Å². The van der Waals surface area contributed by atoms with Gasteiger partial charge in [-0.3, -0.25) is 14.5 Å². The van der Waals surface area contributed by atoms with Crippen molar-refractivity contribution in [3.8, 4) is 17.3 Å². The Morgan fingerprint density at radius 3 is 2.31 bits per heavy atom. The fraction of sp³-hybridized carbons (Fsp3) is 0.356. The number of nitrogens with one attached hydrogen (secondary N) is 1. The highest BCUT2D eigenvalue weighted by Gasteiger charge is 2.35. The summed E-state index contributed by atoms with van der Waals surface area (Å²) in [5, 5.41) is 13.4. The Morgan fingerprint density at radius 1 is 0.833 bits per heavy atom. The molecule has 276 valence electrons. The van der Waals surface area contributed by atoms with Gasteiger partial charge in [0, 0.05) is 73.7 Å². The highest BCUT2D eigenvalue weighted by molar-refractivity contribution is 6.13. The number of fused-ring (bicyclic) bond motifs is 2. The van der Waals surface area contributed by atoms with Gasteiger partial charge in [0.2, 0.25) is 0 Å². The first kappa shape index (κ1) is 35.6. The highest BCUT2D eigenvalue weighted by Crippen LogP contribution is 2.37. The minimum absolute atomic E-state index is 0.0384. The van der Waals surface area contributed by atoms with Crippen LogP contribution in [0, 0.1) is 25.2 Å². The summed E-state index contributed by atoms with van der Waals surface area (Å²) in [6.45, 7) is 9.10. The molecule has 0 aliphatic carbocycles. The Balaban J connectivity index is 1.23. The first-order valence-electron chi connectivity index (χ1n) is 19.3. The molecular formula is C45H49N7O2. The number of aromatic nitrogens is 2. The molecule has 0 radical (unpaired) electrons. The van der Waals surface area contributed by atoms with E-state index in [1.165, 1.54) is 36.0 Å². The summed E-state index contributed by atoms with van der Waals surface area (Å²) in [6.07, 6.45) is 5.39. The van der Waals surface area contributed by atoms with Gasteiger partial charge in [-0.2, -0.15) is 5.26 Å². The summed E-state index contributed by atoms with van der Waals surface area (Å²) in [4.78, 5) is 36.5. The van der Waals surface area contributed by atoms with Gasteiger partial charge in [-0.05, 0) is 118 Å². The van der Waals surface area contributed by atoms with Crippen molar-refractivity contribution in [2.75, 3.05) is 31.1 Å². The fourth-order valence-electron chi connectivity index (χ4n) is 8.76. The van der Waals surface area contributed by atoms with Crippen LogP contribution in [0.2, 0.25) is 0 Å². The molecule has 0 bridgehead atoms. The number of hydrogen-bond donors (Lipinski definition) is 1. The average molecular weight is 720 g/mol. The van der Waals surface area contributed by atoms with Gasteiger partial charge < -0.3 is 24.3 Å². The molecular weight excluding hydrogens is 671 g/mol. The van der Waals surface area contributed by atoms with Gasteiger partial charge in [-0.15, -0.1) is 0 Å². The molecule has 3 aromatic carbocycles. The number of likely N-dealkylation sites (tertiary alicyclic amines) is 1. The lowest BCUT2D eigenvalue weighted by Crippen LogP contribution is -2.51. The summed E-state index contributed by atoms with van der Waals surface area (Å²) in [6, 6.07) is 28.6. The summed E-state index contributed by atoms with van der Waals surface area (Å²) >= 11 is 0. The van der Waals surface area contributed by atoms with E-state index in [-0.39, 0.29) is 17.9 Å². The van der Waals surface area contributed by atoms with Crippen molar-refractivity contribution in [1.82, 2.24) is 24.3 Å². The van der Waals surface area contributed by atoms with Crippen molar-refractivity contribution in [1.29, 1.82) is 5.26 Å². The maximum atomic E-state index is 15.2. The Bertz CT molecular complexity index is 2270. The van der Waals surface area contributed by atoms with Gasteiger partial charge in [0.15, 0.2) is 0 Å². The van der Waals surface area contributed by atoms with Gasteiger partial charge in [0.1, 0.15) is 11.8 Å². The Hall–Kier alpha value is -5.43. The normalized spacial score (nSPS) is 17.1. The molecule has 5 aromatic rings. The van der Waals surface area contributed by atoms with Gasteiger partial charge in [-0.1, -0.05) is 48.9 Å². The largest absolute Gasteiger partial charge is 0.347 e. The van der Waals surface area contributed by atoms with Gasteiger partial charge >= 0.3 is 0 Å². The number of anilines is 2. The van der Waals surface area contributed by atoms with E-state index in [4.69, 9.17) is 0 Å². The predicted molar refractivity (Wildman–Crippen MR) is 213 cm³/mol. The first-order chi connectivity index (χ1) is 26.2. The molecule has 1 fully saturated rings. The van der Waals surface area contributed by atoms with Crippen LogP contribution < -0.4 is 10.2 Å². The van der Waals surface area contributed by atoms with E-state index in [9.17, 15) is 10.1 Å². The number of rotatable bonds is 7. The zero-order valence-corrected chi connectivity index (χ0v) is 31.9. The minimum atomic E-state index is -0.192. The maximum absolute atomic E-state index is 15.2. The van der Waals surface area contributed by atoms with E-state index >= 15 is 4.79 Å². The van der Waals surface area contributed by atoms with Crippen molar-refractivity contribution >= 4 is 23.2 Å². The molecule has 0 saturated carbocycles. The number of benzene rings is 3. The van der Waals surface area contributed by atoms with Gasteiger partial charge in [0.25, 0.3) is 11.8 Å². The third-order valence-corrected chi connectivity index (χ3v) is 12.1. The Labute approximate surface area is 318 Å². The fourth-order valence-corrected chi connectivity index (χ4v) is 8.76. The number of hydrogen-bond acceptors (Lipinski definition) is 5. The topological polar surface area (TPSA) is 89.5 Å². The molecule has 9 nitrogen and oxygen atoms in total. The molecule has 54 heavy (non-hydrogen) atoms. The summed E-state index contributed by atoms with van der Waals surface area (Å²) in [7, 11) is 3.83. The molecule has 0 unspecified atom stereocenters. The molecule has 9 heteroatoms. The highest BCUT2D eigenvalue weighted by atomic mass is 16.2. The maximum Gasteiger partial charge on any atom is 0.264 e. The van der Waals surface area contributed by atoms with Crippen LogP contribution in [-0.2, 0) is 40.0 Å². The van der Waals surface area contributed by atoms with Crippen LogP contribution in [0.5, 0.6) is 0 Å². The van der Waals surface area contributed by atoms with E-state index in [1.807, 2.05) is 68.9 Å². The number of nitriles is 1. The van der Waals surface area contributed by atoms with Crippen molar-refractivity contribution < 1.29 is 9.59 Å². The summed E-state index contributed by atoms with van der Waals surface area (Å²) < 4.78 is 3.88. The molecule has 2 aromatic heterocycles. The van der Waals surface area contributed by atoms with Crippen molar-refractivity contribution in [2.45, 2.75) is 65.1 Å². The number of amides is 2. The molecule has 1 saturated heterocycles. The van der Waals surface area contributed by atoms with Crippen LogP contribution in [0.4, 0.5) is 11.4 Å². The first-order valence-corrected chi connectivity index (χ1v) is 19.3. The molecule has 8 rings (SSSR count). The van der Waals surface area contributed by atoms with Crippen LogP contribution in [0.25, 0.3) is 11.3 Å². The second-order valence-corrected chi connectivity index (χ2v) is 15.2. The van der Waals surface area contributed by atoms with Crippen molar-refractivity contribution in [2.24, 2.45) is 14.1 Å². The summed E-state index contributed by atoms with van der Waals surface area (Å²) in [5.41, 5.74) is 11.3.